The molecule has 0 unspecified atom stereocenters. The van der Waals surface area contributed by atoms with Gasteiger partial charge in [0.25, 0.3) is 0 Å². The van der Waals surface area contributed by atoms with Gasteiger partial charge >= 0.3 is 0 Å². The van der Waals surface area contributed by atoms with E-state index in [1.165, 1.54) is 16.9 Å². The SMILES string of the molecule is Cc1ncsc1CCCNC(=O)[C@@H]1CCCCN1Cc1ccccc1. The summed E-state index contributed by atoms with van der Waals surface area (Å²) in [6.07, 6.45) is 5.26. The fourth-order valence-corrected chi connectivity index (χ4v) is 4.26. The van der Waals surface area contributed by atoms with Gasteiger partial charge in [0.15, 0.2) is 0 Å². The molecule has 1 saturated heterocycles. The Kier molecular flexibility index (Phi) is 6.59. The van der Waals surface area contributed by atoms with Crippen LogP contribution in [0.5, 0.6) is 0 Å². The Hall–Kier alpha value is -1.72. The molecule has 2 aromatic rings. The minimum atomic E-state index is 0.0131. The van der Waals surface area contributed by atoms with Crippen LogP contribution in [-0.2, 0) is 17.8 Å². The molecule has 1 N–H and O–H groups in total. The average Bonchev–Trinajstić information content (AvgIpc) is 3.05. The molecule has 1 aliphatic heterocycles. The van der Waals surface area contributed by atoms with E-state index in [4.69, 9.17) is 0 Å². The maximum absolute atomic E-state index is 12.7. The minimum absolute atomic E-state index is 0.0131. The van der Waals surface area contributed by atoms with Gasteiger partial charge < -0.3 is 5.32 Å². The Labute approximate surface area is 154 Å². The van der Waals surface area contributed by atoms with Gasteiger partial charge in [0.1, 0.15) is 0 Å². The van der Waals surface area contributed by atoms with E-state index in [1.54, 1.807) is 11.3 Å². The van der Waals surface area contributed by atoms with Gasteiger partial charge in [-0.25, -0.2) is 4.98 Å². The lowest BCUT2D eigenvalue weighted by atomic mass is 10.0. The number of aromatic nitrogens is 1. The number of hydrogen-bond donors (Lipinski definition) is 1. The Balaban J connectivity index is 1.48. The molecule has 1 atom stereocenters. The normalized spacial score (nSPS) is 18.2. The van der Waals surface area contributed by atoms with E-state index >= 15 is 0 Å². The fraction of sp³-hybridized carbons (Fsp3) is 0.500. The average molecular weight is 358 g/mol. The number of rotatable bonds is 7. The topological polar surface area (TPSA) is 45.2 Å². The van der Waals surface area contributed by atoms with Crippen molar-refractivity contribution in [2.75, 3.05) is 13.1 Å². The Morgan fingerprint density at radius 1 is 1.32 bits per heavy atom. The fourth-order valence-electron chi connectivity index (χ4n) is 3.44. The van der Waals surface area contributed by atoms with E-state index in [-0.39, 0.29) is 11.9 Å². The highest BCUT2D eigenvalue weighted by molar-refractivity contribution is 7.09. The van der Waals surface area contributed by atoms with Crippen molar-refractivity contribution in [1.29, 1.82) is 0 Å². The van der Waals surface area contributed by atoms with Crippen LogP contribution in [0.3, 0.4) is 0 Å². The lowest BCUT2D eigenvalue weighted by molar-refractivity contribution is -0.127. The van der Waals surface area contributed by atoms with Gasteiger partial charge in [-0.1, -0.05) is 36.8 Å². The van der Waals surface area contributed by atoms with Crippen molar-refractivity contribution in [2.45, 2.75) is 51.6 Å². The van der Waals surface area contributed by atoms with Crippen molar-refractivity contribution >= 4 is 17.2 Å². The van der Waals surface area contributed by atoms with Crippen LogP contribution in [0.15, 0.2) is 35.8 Å². The van der Waals surface area contributed by atoms with E-state index in [1.807, 2.05) is 18.5 Å². The zero-order valence-electron chi connectivity index (χ0n) is 14.9. The van der Waals surface area contributed by atoms with Crippen molar-refractivity contribution in [2.24, 2.45) is 0 Å². The van der Waals surface area contributed by atoms with Crippen LogP contribution < -0.4 is 5.32 Å². The van der Waals surface area contributed by atoms with Crippen LogP contribution >= 0.6 is 11.3 Å². The summed E-state index contributed by atoms with van der Waals surface area (Å²) in [7, 11) is 0. The number of nitrogens with one attached hydrogen (secondary N) is 1. The van der Waals surface area contributed by atoms with E-state index in [0.717, 1.165) is 51.0 Å². The van der Waals surface area contributed by atoms with Gasteiger partial charge in [0.05, 0.1) is 17.2 Å². The summed E-state index contributed by atoms with van der Waals surface area (Å²) in [5.41, 5.74) is 4.30. The molecule has 0 aliphatic carbocycles. The lowest BCUT2D eigenvalue weighted by Gasteiger charge is -2.34. The zero-order chi connectivity index (χ0) is 17.5. The standard InChI is InChI=1S/C20H27N3OS/c1-16-19(25-15-22-16)11-7-12-21-20(24)18-10-5-6-13-23(18)14-17-8-3-2-4-9-17/h2-4,8-9,15,18H,5-7,10-14H2,1H3,(H,21,24)/t18-/m0/s1. The first-order valence-corrected chi connectivity index (χ1v) is 10.1. The molecule has 0 spiro atoms. The number of benzene rings is 1. The maximum Gasteiger partial charge on any atom is 0.237 e. The van der Waals surface area contributed by atoms with E-state index < -0.39 is 0 Å². The number of likely N-dealkylation sites (tertiary alicyclic amines) is 1. The number of aryl methyl sites for hydroxylation is 2. The van der Waals surface area contributed by atoms with Gasteiger partial charge in [-0.15, -0.1) is 11.3 Å². The summed E-state index contributed by atoms with van der Waals surface area (Å²) in [5.74, 6) is 0.191. The molecule has 1 fully saturated rings. The monoisotopic (exact) mass is 357 g/mol. The highest BCUT2D eigenvalue weighted by Gasteiger charge is 2.28. The molecule has 3 rings (SSSR count). The number of piperidine rings is 1. The number of amides is 1. The van der Waals surface area contributed by atoms with Crippen LogP contribution in [0.1, 0.15) is 41.8 Å². The molecule has 4 nitrogen and oxygen atoms in total. The van der Waals surface area contributed by atoms with E-state index in [2.05, 4.69) is 39.5 Å². The van der Waals surface area contributed by atoms with Gasteiger partial charge in [-0.3, -0.25) is 9.69 Å². The first-order chi connectivity index (χ1) is 12.2. The third-order valence-corrected chi connectivity index (χ3v) is 5.86. The first kappa shape index (κ1) is 18.1. The summed E-state index contributed by atoms with van der Waals surface area (Å²) < 4.78 is 0. The maximum atomic E-state index is 12.7. The molecule has 5 heteroatoms. The van der Waals surface area contributed by atoms with Crippen LogP contribution in [-0.4, -0.2) is 34.9 Å². The summed E-state index contributed by atoms with van der Waals surface area (Å²) in [4.78, 5) is 20.6. The molecule has 2 heterocycles. The summed E-state index contributed by atoms with van der Waals surface area (Å²) in [5, 5.41) is 3.15. The second-order valence-corrected chi connectivity index (χ2v) is 7.66. The number of nitrogens with zero attached hydrogens (tertiary/aromatic N) is 2. The van der Waals surface area contributed by atoms with Crippen molar-refractivity contribution < 1.29 is 4.79 Å². The predicted octanol–water partition coefficient (Wildman–Crippen LogP) is 3.56. The summed E-state index contributed by atoms with van der Waals surface area (Å²) in [6, 6.07) is 10.5. The predicted molar refractivity (Wildman–Crippen MR) is 103 cm³/mol. The van der Waals surface area contributed by atoms with Gasteiger partial charge in [0.2, 0.25) is 5.91 Å². The third-order valence-electron chi connectivity index (χ3n) is 4.87. The van der Waals surface area contributed by atoms with Crippen LogP contribution in [0.4, 0.5) is 0 Å². The van der Waals surface area contributed by atoms with Crippen LogP contribution in [0.25, 0.3) is 0 Å². The van der Waals surface area contributed by atoms with Gasteiger partial charge in [-0.05, 0) is 44.7 Å². The van der Waals surface area contributed by atoms with Crippen molar-refractivity contribution in [3.8, 4) is 0 Å². The van der Waals surface area contributed by atoms with Crippen molar-refractivity contribution in [3.05, 3.63) is 52.0 Å². The molecule has 1 aromatic carbocycles. The minimum Gasteiger partial charge on any atom is -0.355 e. The second kappa shape index (κ2) is 9.11. The molecule has 1 aliphatic rings. The largest absolute Gasteiger partial charge is 0.355 e. The third kappa shape index (κ3) is 5.13. The summed E-state index contributed by atoms with van der Waals surface area (Å²) >= 11 is 1.71. The number of carbonyl (C=O) groups excluding carboxylic acids is 1. The Morgan fingerprint density at radius 3 is 2.92 bits per heavy atom. The quantitative estimate of drug-likeness (QED) is 0.771. The number of hydrogen-bond acceptors (Lipinski definition) is 4. The zero-order valence-corrected chi connectivity index (χ0v) is 15.7. The van der Waals surface area contributed by atoms with Crippen LogP contribution in [0, 0.1) is 6.92 Å². The number of thiazole rings is 1. The molecule has 25 heavy (non-hydrogen) atoms. The van der Waals surface area contributed by atoms with E-state index in [0.29, 0.717) is 0 Å². The van der Waals surface area contributed by atoms with Gasteiger partial charge in [-0.2, -0.15) is 0 Å². The molecule has 0 saturated carbocycles. The molecule has 134 valence electrons. The second-order valence-electron chi connectivity index (χ2n) is 6.72. The van der Waals surface area contributed by atoms with E-state index in [9.17, 15) is 4.79 Å². The van der Waals surface area contributed by atoms with Gasteiger partial charge in [0, 0.05) is 18.0 Å². The molecule has 1 amide bonds. The van der Waals surface area contributed by atoms with Crippen molar-refractivity contribution in [3.63, 3.8) is 0 Å². The summed E-state index contributed by atoms with van der Waals surface area (Å²) in [6.45, 7) is 4.66. The van der Waals surface area contributed by atoms with Crippen LogP contribution in [0.2, 0.25) is 0 Å². The molecular formula is C20H27N3OS. The molecular weight excluding hydrogens is 330 g/mol. The molecule has 1 aromatic heterocycles. The highest BCUT2D eigenvalue weighted by Crippen LogP contribution is 2.20. The number of carbonyl (C=O) groups is 1. The lowest BCUT2D eigenvalue weighted by Crippen LogP contribution is -2.49. The Bertz CT molecular complexity index is 671. The highest BCUT2D eigenvalue weighted by atomic mass is 32.1. The smallest absolute Gasteiger partial charge is 0.237 e. The van der Waals surface area contributed by atoms with Crippen molar-refractivity contribution in [1.82, 2.24) is 15.2 Å². The molecule has 0 radical (unpaired) electrons. The molecule has 0 bridgehead atoms. The first-order valence-electron chi connectivity index (χ1n) is 9.18. The Morgan fingerprint density at radius 2 is 2.16 bits per heavy atom.